The lowest BCUT2D eigenvalue weighted by atomic mass is 9.94. The number of allylic oxidation sites excluding steroid dienone is 2. The lowest BCUT2D eigenvalue weighted by molar-refractivity contribution is 0.0958. The fourth-order valence-corrected chi connectivity index (χ4v) is 4.40. The van der Waals surface area contributed by atoms with Gasteiger partial charge in [-0.1, -0.05) is 35.9 Å². The fourth-order valence-electron chi connectivity index (χ4n) is 4.40. The van der Waals surface area contributed by atoms with Gasteiger partial charge in [0.2, 0.25) is 0 Å². The van der Waals surface area contributed by atoms with Crippen LogP contribution in [0.1, 0.15) is 42.2 Å². The number of aromatic nitrogens is 4. The third kappa shape index (κ3) is 2.68. The molecule has 0 aliphatic carbocycles. The Morgan fingerprint density at radius 2 is 1.82 bits per heavy atom. The number of aromatic amines is 1. The number of hydrogen-bond acceptors (Lipinski definition) is 4. The molecule has 0 radical (unpaired) electrons. The SMILES string of the molecule is CC1=C(c2cn[nH]c2)C(=O)n2nc(-c3ccccc3)c(N3CCCCC3)c2C1. The van der Waals surface area contributed by atoms with Crippen molar-refractivity contribution in [3.63, 3.8) is 0 Å². The normalized spacial score (nSPS) is 17.2. The highest BCUT2D eigenvalue weighted by Crippen LogP contribution is 2.40. The minimum atomic E-state index is -0.0689. The van der Waals surface area contributed by atoms with Crippen molar-refractivity contribution in [2.45, 2.75) is 32.6 Å². The minimum absolute atomic E-state index is 0.0689. The van der Waals surface area contributed by atoms with Crippen LogP contribution in [0.15, 0.2) is 48.3 Å². The summed E-state index contributed by atoms with van der Waals surface area (Å²) in [5.41, 5.74) is 6.70. The van der Waals surface area contributed by atoms with Crippen LogP contribution >= 0.6 is 0 Å². The molecule has 1 N–H and O–H groups in total. The average molecular weight is 373 g/mol. The zero-order valence-corrected chi connectivity index (χ0v) is 16.0. The number of fused-ring (bicyclic) bond motifs is 1. The molecule has 0 saturated carbocycles. The van der Waals surface area contributed by atoms with Gasteiger partial charge in [-0.2, -0.15) is 14.9 Å². The number of hydrogen-bond donors (Lipinski definition) is 1. The Morgan fingerprint density at radius 1 is 1.04 bits per heavy atom. The van der Waals surface area contributed by atoms with E-state index in [1.807, 2.05) is 25.1 Å². The highest BCUT2D eigenvalue weighted by molar-refractivity contribution is 6.22. The summed E-state index contributed by atoms with van der Waals surface area (Å²) in [5, 5.41) is 11.7. The van der Waals surface area contributed by atoms with E-state index >= 15 is 0 Å². The summed E-state index contributed by atoms with van der Waals surface area (Å²) in [4.78, 5) is 15.8. The van der Waals surface area contributed by atoms with E-state index in [-0.39, 0.29) is 5.91 Å². The van der Waals surface area contributed by atoms with Crippen LogP contribution in [0.3, 0.4) is 0 Å². The standard InChI is InChI=1S/C22H23N5O/c1-15-12-18-21(26-10-6-3-7-11-26)20(16-8-4-2-5-9-16)25-27(18)22(28)19(15)17-13-23-24-14-17/h2,4-5,8-9,13-14H,3,6-7,10-12H2,1H3,(H,23,24). The number of anilines is 1. The summed E-state index contributed by atoms with van der Waals surface area (Å²) < 4.78 is 1.63. The van der Waals surface area contributed by atoms with Crippen LogP contribution in [0.4, 0.5) is 5.69 Å². The Bertz CT molecular complexity index is 1040. The number of H-pyrrole nitrogens is 1. The van der Waals surface area contributed by atoms with Crippen LogP contribution in [-0.2, 0) is 6.42 Å². The lowest BCUT2D eigenvalue weighted by Gasteiger charge is -2.30. The number of nitrogens with zero attached hydrogens (tertiary/aromatic N) is 4. The number of piperidine rings is 1. The van der Waals surface area contributed by atoms with Crippen molar-refractivity contribution in [1.82, 2.24) is 20.0 Å². The van der Waals surface area contributed by atoms with Crippen molar-refractivity contribution in [2.75, 3.05) is 18.0 Å². The molecule has 2 aliphatic heterocycles. The van der Waals surface area contributed by atoms with Gasteiger partial charge >= 0.3 is 0 Å². The van der Waals surface area contributed by atoms with E-state index in [4.69, 9.17) is 5.10 Å². The second kappa shape index (κ2) is 6.78. The van der Waals surface area contributed by atoms with Gasteiger partial charge in [-0.3, -0.25) is 9.89 Å². The first-order valence-corrected chi connectivity index (χ1v) is 9.90. The number of carbonyl (C=O) groups excluding carboxylic acids is 1. The molecule has 6 nitrogen and oxygen atoms in total. The molecule has 0 amide bonds. The average Bonchev–Trinajstić information content (AvgIpc) is 3.38. The molecule has 3 aromatic rings. The monoisotopic (exact) mass is 373 g/mol. The van der Waals surface area contributed by atoms with E-state index < -0.39 is 0 Å². The number of benzene rings is 1. The highest BCUT2D eigenvalue weighted by Gasteiger charge is 2.33. The molecule has 0 bridgehead atoms. The van der Waals surface area contributed by atoms with Crippen molar-refractivity contribution in [3.8, 4) is 11.3 Å². The maximum Gasteiger partial charge on any atom is 0.279 e. The van der Waals surface area contributed by atoms with Crippen molar-refractivity contribution in [1.29, 1.82) is 0 Å². The van der Waals surface area contributed by atoms with E-state index in [2.05, 4.69) is 27.2 Å². The van der Waals surface area contributed by atoms with Gasteiger partial charge in [-0.05, 0) is 26.2 Å². The molecule has 2 aromatic heterocycles. The van der Waals surface area contributed by atoms with Crippen molar-refractivity contribution in [3.05, 3.63) is 59.6 Å². The van der Waals surface area contributed by atoms with Crippen LogP contribution in [0.2, 0.25) is 0 Å². The van der Waals surface area contributed by atoms with Gasteiger partial charge in [-0.15, -0.1) is 0 Å². The molecular formula is C22H23N5O. The van der Waals surface area contributed by atoms with Crippen LogP contribution in [0.5, 0.6) is 0 Å². The van der Waals surface area contributed by atoms with Crippen LogP contribution < -0.4 is 4.90 Å². The van der Waals surface area contributed by atoms with E-state index in [0.717, 1.165) is 53.3 Å². The van der Waals surface area contributed by atoms with Crippen molar-refractivity contribution in [2.24, 2.45) is 0 Å². The molecule has 1 saturated heterocycles. The fraction of sp³-hybridized carbons (Fsp3) is 0.318. The molecule has 0 atom stereocenters. The maximum absolute atomic E-state index is 13.4. The topological polar surface area (TPSA) is 66.8 Å². The Morgan fingerprint density at radius 3 is 2.54 bits per heavy atom. The molecule has 1 fully saturated rings. The second-order valence-corrected chi connectivity index (χ2v) is 7.59. The number of carbonyl (C=O) groups is 1. The first-order valence-electron chi connectivity index (χ1n) is 9.90. The summed E-state index contributed by atoms with van der Waals surface area (Å²) in [5.74, 6) is -0.0689. The quantitative estimate of drug-likeness (QED) is 0.755. The van der Waals surface area contributed by atoms with E-state index in [1.54, 1.807) is 17.1 Å². The molecule has 6 heteroatoms. The molecule has 0 unspecified atom stereocenters. The molecule has 5 rings (SSSR count). The number of rotatable bonds is 3. The Labute approximate surface area is 163 Å². The zero-order valence-electron chi connectivity index (χ0n) is 16.0. The largest absolute Gasteiger partial charge is 0.368 e. The van der Waals surface area contributed by atoms with E-state index in [1.165, 1.54) is 19.3 Å². The van der Waals surface area contributed by atoms with Gasteiger partial charge in [0.1, 0.15) is 5.69 Å². The molecule has 28 heavy (non-hydrogen) atoms. The van der Waals surface area contributed by atoms with Crippen LogP contribution in [0, 0.1) is 0 Å². The van der Waals surface area contributed by atoms with E-state index in [9.17, 15) is 4.79 Å². The third-order valence-electron chi connectivity index (χ3n) is 5.73. The van der Waals surface area contributed by atoms with Gasteiger partial charge in [-0.25, -0.2) is 0 Å². The van der Waals surface area contributed by atoms with Crippen molar-refractivity contribution < 1.29 is 4.79 Å². The molecule has 2 aliphatic rings. The predicted octanol–water partition coefficient (Wildman–Crippen LogP) is 3.93. The van der Waals surface area contributed by atoms with Crippen LogP contribution in [-0.4, -0.2) is 39.0 Å². The van der Waals surface area contributed by atoms with E-state index in [0.29, 0.717) is 5.57 Å². The van der Waals surface area contributed by atoms with Gasteiger partial charge in [0.15, 0.2) is 0 Å². The minimum Gasteiger partial charge on any atom is -0.368 e. The predicted molar refractivity (Wildman–Crippen MR) is 109 cm³/mol. The van der Waals surface area contributed by atoms with Gasteiger partial charge < -0.3 is 4.90 Å². The summed E-state index contributed by atoms with van der Waals surface area (Å²) >= 11 is 0. The Kier molecular flexibility index (Phi) is 4.11. The summed E-state index contributed by atoms with van der Waals surface area (Å²) in [6.45, 7) is 4.08. The molecule has 4 heterocycles. The Hall–Kier alpha value is -3.15. The summed E-state index contributed by atoms with van der Waals surface area (Å²) in [6.07, 6.45) is 7.83. The molecule has 1 aromatic carbocycles. The lowest BCUT2D eigenvalue weighted by Crippen LogP contribution is -2.31. The van der Waals surface area contributed by atoms with Crippen molar-refractivity contribution >= 4 is 17.2 Å². The number of nitrogens with one attached hydrogen (secondary N) is 1. The smallest absolute Gasteiger partial charge is 0.279 e. The van der Waals surface area contributed by atoms with Gasteiger partial charge in [0.25, 0.3) is 5.91 Å². The summed E-state index contributed by atoms with van der Waals surface area (Å²) in [6, 6.07) is 10.2. The first-order chi connectivity index (χ1) is 13.7. The van der Waals surface area contributed by atoms with Gasteiger partial charge in [0.05, 0.1) is 23.2 Å². The highest BCUT2D eigenvalue weighted by atomic mass is 16.2. The van der Waals surface area contributed by atoms with Gasteiger partial charge in [0, 0.05) is 36.8 Å². The maximum atomic E-state index is 13.4. The second-order valence-electron chi connectivity index (χ2n) is 7.59. The Balaban J connectivity index is 1.67. The zero-order chi connectivity index (χ0) is 19.1. The molecular weight excluding hydrogens is 350 g/mol. The molecule has 0 spiro atoms. The van der Waals surface area contributed by atoms with Crippen LogP contribution in [0.25, 0.3) is 16.8 Å². The third-order valence-corrected chi connectivity index (χ3v) is 5.73. The summed E-state index contributed by atoms with van der Waals surface area (Å²) in [7, 11) is 0. The molecule has 142 valence electrons. The first kappa shape index (κ1) is 17.0.